The van der Waals surface area contributed by atoms with Crippen molar-refractivity contribution in [2.24, 2.45) is 0 Å². The van der Waals surface area contributed by atoms with Gasteiger partial charge < -0.3 is 4.90 Å². The van der Waals surface area contributed by atoms with Gasteiger partial charge in [-0.25, -0.2) is 9.97 Å². The van der Waals surface area contributed by atoms with Gasteiger partial charge in [-0.3, -0.25) is 4.57 Å². The Kier molecular flexibility index (Phi) is 7.46. The largest absolute Gasteiger partial charge is 0.310 e. The number of para-hydroxylation sites is 3. The molecule has 0 amide bonds. The number of aromatic nitrogens is 3. The van der Waals surface area contributed by atoms with E-state index in [0.717, 1.165) is 66.8 Å². The second-order valence-corrected chi connectivity index (χ2v) is 14.2. The van der Waals surface area contributed by atoms with Crippen LogP contribution in [0.15, 0.2) is 206 Å². The summed E-state index contributed by atoms with van der Waals surface area (Å²) in [6, 6.07) is 73.3. The van der Waals surface area contributed by atoms with Crippen molar-refractivity contribution in [2.45, 2.75) is 0 Å². The average Bonchev–Trinajstić information content (AvgIpc) is 3.60. The van der Waals surface area contributed by atoms with E-state index in [1.165, 1.54) is 26.9 Å². The van der Waals surface area contributed by atoms with Crippen molar-refractivity contribution in [3.05, 3.63) is 206 Å². The zero-order valence-corrected chi connectivity index (χ0v) is 30.4. The minimum absolute atomic E-state index is 0.652. The predicted molar refractivity (Wildman–Crippen MR) is 234 cm³/mol. The third kappa shape index (κ3) is 5.31. The van der Waals surface area contributed by atoms with E-state index in [9.17, 15) is 0 Å². The summed E-state index contributed by atoms with van der Waals surface area (Å²) >= 11 is 0. The molecule has 0 spiro atoms. The third-order valence-electron chi connectivity index (χ3n) is 11.0. The molecule has 0 aliphatic heterocycles. The molecule has 4 nitrogen and oxygen atoms in total. The number of rotatable bonds is 6. The molecule has 0 unspecified atom stereocenters. The van der Waals surface area contributed by atoms with Crippen molar-refractivity contribution < 1.29 is 0 Å². The van der Waals surface area contributed by atoms with Crippen LogP contribution in [0, 0.1) is 0 Å². The van der Waals surface area contributed by atoms with Gasteiger partial charge >= 0.3 is 0 Å². The predicted octanol–water partition coefficient (Wildman–Crippen LogP) is 13.8. The lowest BCUT2D eigenvalue weighted by atomic mass is 9.99. The van der Waals surface area contributed by atoms with E-state index in [-0.39, 0.29) is 0 Å². The second-order valence-electron chi connectivity index (χ2n) is 14.2. The van der Waals surface area contributed by atoms with E-state index in [4.69, 9.17) is 9.97 Å². The molecule has 0 saturated carbocycles. The topological polar surface area (TPSA) is 34.0 Å². The Hall–Kier alpha value is -7.56. The molecule has 4 heteroatoms. The Bertz CT molecular complexity index is 3250. The van der Waals surface area contributed by atoms with E-state index < -0.39 is 0 Å². The number of hydrogen-bond donors (Lipinski definition) is 0. The van der Waals surface area contributed by atoms with Gasteiger partial charge in [0, 0.05) is 38.8 Å². The van der Waals surface area contributed by atoms with Crippen molar-refractivity contribution in [3.63, 3.8) is 0 Å². The highest BCUT2D eigenvalue weighted by atomic mass is 15.2. The van der Waals surface area contributed by atoms with Gasteiger partial charge in [0.15, 0.2) is 0 Å². The monoisotopic (exact) mass is 714 g/mol. The minimum Gasteiger partial charge on any atom is -0.310 e. The van der Waals surface area contributed by atoms with Gasteiger partial charge in [0.1, 0.15) is 0 Å². The zero-order valence-electron chi connectivity index (χ0n) is 30.4. The first-order valence-electron chi connectivity index (χ1n) is 19.0. The van der Waals surface area contributed by atoms with Gasteiger partial charge in [-0.1, -0.05) is 152 Å². The third-order valence-corrected chi connectivity index (χ3v) is 11.0. The smallest absolute Gasteiger partial charge is 0.235 e. The van der Waals surface area contributed by atoms with Crippen LogP contribution in [-0.2, 0) is 0 Å². The van der Waals surface area contributed by atoms with Crippen LogP contribution in [0.5, 0.6) is 0 Å². The fourth-order valence-electron chi connectivity index (χ4n) is 8.31. The molecule has 11 aromatic rings. The fourth-order valence-corrected chi connectivity index (χ4v) is 8.31. The highest BCUT2D eigenvalue weighted by Gasteiger charge is 2.19. The van der Waals surface area contributed by atoms with Gasteiger partial charge in [-0.2, -0.15) is 0 Å². The highest BCUT2D eigenvalue weighted by molar-refractivity contribution is 6.10. The lowest BCUT2D eigenvalue weighted by Crippen LogP contribution is -2.09. The number of anilines is 3. The van der Waals surface area contributed by atoms with Crippen molar-refractivity contribution in [3.8, 4) is 28.3 Å². The fraction of sp³-hybridized carbons (Fsp3) is 0. The molecular weight excluding hydrogens is 681 g/mol. The maximum atomic E-state index is 5.42. The van der Waals surface area contributed by atoms with Crippen LogP contribution in [-0.4, -0.2) is 14.5 Å². The molecule has 56 heavy (non-hydrogen) atoms. The molecule has 0 N–H and O–H groups in total. The van der Waals surface area contributed by atoms with Crippen molar-refractivity contribution in [1.29, 1.82) is 0 Å². The molecular formula is C52H34N4. The Labute approximate surface area is 324 Å². The van der Waals surface area contributed by atoms with Gasteiger partial charge in [0.05, 0.1) is 22.2 Å². The molecule has 0 fully saturated rings. The molecule has 2 heterocycles. The molecule has 11 rings (SSSR count). The summed E-state index contributed by atoms with van der Waals surface area (Å²) < 4.78 is 2.24. The van der Waals surface area contributed by atoms with E-state index in [1.807, 2.05) is 0 Å². The second kappa shape index (κ2) is 13.1. The summed E-state index contributed by atoms with van der Waals surface area (Å²) in [5, 5.41) is 8.16. The molecule has 2 aromatic heterocycles. The molecule has 262 valence electrons. The number of fused-ring (bicyclic) bond motifs is 6. The average molecular weight is 715 g/mol. The summed E-state index contributed by atoms with van der Waals surface area (Å²) in [5.41, 5.74) is 10.6. The van der Waals surface area contributed by atoms with E-state index in [1.54, 1.807) is 0 Å². The van der Waals surface area contributed by atoms with Crippen LogP contribution in [0.25, 0.3) is 82.6 Å². The van der Waals surface area contributed by atoms with Crippen LogP contribution in [0.3, 0.4) is 0 Å². The highest BCUT2D eigenvalue weighted by Crippen LogP contribution is 2.40. The first kappa shape index (κ1) is 31.9. The summed E-state index contributed by atoms with van der Waals surface area (Å²) in [7, 11) is 0. The number of nitrogens with zero attached hydrogens (tertiary/aromatic N) is 4. The summed E-state index contributed by atoms with van der Waals surface area (Å²) in [4.78, 5) is 13.0. The van der Waals surface area contributed by atoms with E-state index >= 15 is 0 Å². The zero-order chi connectivity index (χ0) is 37.0. The lowest BCUT2D eigenvalue weighted by Gasteiger charge is -2.26. The minimum atomic E-state index is 0.652. The first-order valence-corrected chi connectivity index (χ1v) is 19.0. The summed E-state index contributed by atoms with van der Waals surface area (Å²) in [6.45, 7) is 0. The molecule has 0 atom stereocenters. The standard InChI is InChI=1S/C52H34N4/c1-2-17-40(18-3-1)55(42-31-27-35-13-4-5-15-38(35)33-42)41-29-25-36(26-30-41)39-28-32-45-44-20-9-11-24-49(44)56(50(45)34-39)52-53-48-23-10-8-21-47(48)51(54-52)46-22-12-16-37-14-6-7-19-43(37)46/h1-34H. The Morgan fingerprint density at radius 1 is 0.357 bits per heavy atom. The van der Waals surface area contributed by atoms with Crippen LogP contribution >= 0.6 is 0 Å². The van der Waals surface area contributed by atoms with E-state index in [0.29, 0.717) is 5.95 Å². The van der Waals surface area contributed by atoms with Gasteiger partial charge in [-0.15, -0.1) is 0 Å². The van der Waals surface area contributed by atoms with Crippen LogP contribution in [0.4, 0.5) is 17.1 Å². The molecule has 9 aromatic carbocycles. The quantitative estimate of drug-likeness (QED) is 0.172. The maximum absolute atomic E-state index is 5.42. The van der Waals surface area contributed by atoms with Crippen molar-refractivity contribution in [1.82, 2.24) is 14.5 Å². The summed E-state index contributed by atoms with van der Waals surface area (Å²) in [6.07, 6.45) is 0. The summed E-state index contributed by atoms with van der Waals surface area (Å²) in [5.74, 6) is 0.652. The van der Waals surface area contributed by atoms with Crippen LogP contribution < -0.4 is 4.90 Å². The van der Waals surface area contributed by atoms with Crippen LogP contribution in [0.2, 0.25) is 0 Å². The van der Waals surface area contributed by atoms with Gasteiger partial charge in [0.25, 0.3) is 0 Å². The van der Waals surface area contributed by atoms with Crippen molar-refractivity contribution >= 4 is 71.3 Å². The maximum Gasteiger partial charge on any atom is 0.235 e. The van der Waals surface area contributed by atoms with Crippen LogP contribution in [0.1, 0.15) is 0 Å². The Morgan fingerprint density at radius 3 is 1.84 bits per heavy atom. The SMILES string of the molecule is c1ccc(N(c2ccc(-c3ccc4c5ccccc5n(-c5nc(-c6cccc7ccccc67)c6ccccc6n5)c4c3)cc2)c2ccc3ccccc3c2)cc1. The molecule has 0 bridgehead atoms. The normalized spacial score (nSPS) is 11.6. The molecule has 0 saturated heterocycles. The molecule has 0 aliphatic rings. The van der Waals surface area contributed by atoms with Gasteiger partial charge in [0.2, 0.25) is 5.95 Å². The molecule has 0 aliphatic carbocycles. The number of benzene rings is 9. The Balaban J connectivity index is 1.06. The van der Waals surface area contributed by atoms with E-state index in [2.05, 4.69) is 216 Å². The van der Waals surface area contributed by atoms with Crippen molar-refractivity contribution in [2.75, 3.05) is 4.90 Å². The number of hydrogen-bond acceptors (Lipinski definition) is 3. The van der Waals surface area contributed by atoms with Gasteiger partial charge in [-0.05, 0) is 87.3 Å². The first-order chi connectivity index (χ1) is 27.8. The lowest BCUT2D eigenvalue weighted by molar-refractivity contribution is 1.01. The Morgan fingerprint density at radius 2 is 0.982 bits per heavy atom. The molecule has 0 radical (unpaired) electrons.